The standard InChI is InChI=1S/C16H23ClN2O/c1-4-6-13(11-20-3)19-14-8-5-7-12(2)16(14)18-15(19)9-10-17/h5,7-8,13H,4,6,9-11H2,1-3H3. The summed E-state index contributed by atoms with van der Waals surface area (Å²) in [5.41, 5.74) is 3.50. The molecule has 0 fully saturated rings. The van der Waals surface area contributed by atoms with Gasteiger partial charge in [-0.1, -0.05) is 25.5 Å². The highest BCUT2D eigenvalue weighted by Gasteiger charge is 2.19. The molecule has 0 radical (unpaired) electrons. The van der Waals surface area contributed by atoms with Crippen LogP contribution in [0.1, 0.15) is 37.2 Å². The minimum Gasteiger partial charge on any atom is -0.383 e. The van der Waals surface area contributed by atoms with Crippen molar-refractivity contribution < 1.29 is 4.74 Å². The largest absolute Gasteiger partial charge is 0.383 e. The van der Waals surface area contributed by atoms with E-state index in [-0.39, 0.29) is 0 Å². The van der Waals surface area contributed by atoms with Crippen LogP contribution >= 0.6 is 11.6 Å². The molecule has 1 aromatic heterocycles. The number of nitrogens with zero attached hydrogens (tertiary/aromatic N) is 2. The molecule has 0 saturated heterocycles. The van der Waals surface area contributed by atoms with Crippen LogP contribution in [-0.2, 0) is 11.2 Å². The molecule has 4 heteroatoms. The molecule has 0 aliphatic carbocycles. The highest BCUT2D eigenvalue weighted by molar-refractivity contribution is 6.17. The van der Waals surface area contributed by atoms with E-state index in [0.29, 0.717) is 18.5 Å². The summed E-state index contributed by atoms with van der Waals surface area (Å²) in [4.78, 5) is 4.81. The third-order valence-corrected chi connectivity index (χ3v) is 3.85. The molecular weight excluding hydrogens is 272 g/mol. The molecule has 1 atom stereocenters. The fourth-order valence-corrected chi connectivity index (χ4v) is 2.96. The molecule has 110 valence electrons. The van der Waals surface area contributed by atoms with E-state index in [1.807, 2.05) is 0 Å². The predicted molar refractivity (Wildman–Crippen MR) is 84.7 cm³/mol. The monoisotopic (exact) mass is 294 g/mol. The summed E-state index contributed by atoms with van der Waals surface area (Å²) >= 11 is 5.95. The van der Waals surface area contributed by atoms with E-state index in [0.717, 1.165) is 30.6 Å². The first kappa shape index (κ1) is 15.3. The lowest BCUT2D eigenvalue weighted by molar-refractivity contribution is 0.151. The van der Waals surface area contributed by atoms with Gasteiger partial charge in [0, 0.05) is 19.4 Å². The minimum atomic E-state index is 0.329. The Morgan fingerprint density at radius 1 is 1.40 bits per heavy atom. The number of alkyl halides is 1. The molecule has 2 rings (SSSR count). The van der Waals surface area contributed by atoms with Crippen LogP contribution in [0.2, 0.25) is 0 Å². The fourth-order valence-electron chi connectivity index (χ4n) is 2.79. The Balaban J connectivity index is 2.57. The van der Waals surface area contributed by atoms with Gasteiger partial charge in [0.05, 0.1) is 23.7 Å². The lowest BCUT2D eigenvalue weighted by Crippen LogP contribution is -2.17. The van der Waals surface area contributed by atoms with Gasteiger partial charge in [0.1, 0.15) is 5.82 Å². The van der Waals surface area contributed by atoms with Crippen molar-refractivity contribution in [3.8, 4) is 0 Å². The van der Waals surface area contributed by atoms with Crippen molar-refractivity contribution in [3.63, 3.8) is 0 Å². The summed E-state index contributed by atoms with van der Waals surface area (Å²) in [7, 11) is 1.76. The number of methoxy groups -OCH3 is 1. The lowest BCUT2D eigenvalue weighted by atomic mass is 10.1. The smallest absolute Gasteiger partial charge is 0.111 e. The summed E-state index contributed by atoms with van der Waals surface area (Å²) in [6.07, 6.45) is 3.00. The van der Waals surface area contributed by atoms with Crippen molar-refractivity contribution in [2.75, 3.05) is 19.6 Å². The van der Waals surface area contributed by atoms with E-state index in [4.69, 9.17) is 21.3 Å². The number of para-hydroxylation sites is 1. The Labute approximate surface area is 125 Å². The van der Waals surface area contributed by atoms with Crippen LogP contribution in [0.5, 0.6) is 0 Å². The quantitative estimate of drug-likeness (QED) is 0.719. The van der Waals surface area contributed by atoms with Gasteiger partial charge in [0.25, 0.3) is 0 Å². The van der Waals surface area contributed by atoms with Crippen LogP contribution in [-0.4, -0.2) is 29.1 Å². The number of ether oxygens (including phenoxy) is 1. The highest BCUT2D eigenvalue weighted by atomic mass is 35.5. The van der Waals surface area contributed by atoms with Gasteiger partial charge in [-0.2, -0.15) is 0 Å². The molecule has 20 heavy (non-hydrogen) atoms. The van der Waals surface area contributed by atoms with E-state index in [1.54, 1.807) is 7.11 Å². The van der Waals surface area contributed by atoms with Crippen LogP contribution in [0.25, 0.3) is 11.0 Å². The average Bonchev–Trinajstić information content (AvgIpc) is 2.79. The summed E-state index contributed by atoms with van der Waals surface area (Å²) in [5, 5.41) is 0. The number of benzene rings is 1. The van der Waals surface area contributed by atoms with Gasteiger partial charge in [-0.25, -0.2) is 4.98 Å². The molecule has 0 amide bonds. The average molecular weight is 295 g/mol. The van der Waals surface area contributed by atoms with Crippen molar-refractivity contribution in [1.29, 1.82) is 0 Å². The topological polar surface area (TPSA) is 27.1 Å². The number of imidazole rings is 1. The van der Waals surface area contributed by atoms with Crippen LogP contribution in [0, 0.1) is 6.92 Å². The number of aromatic nitrogens is 2. The van der Waals surface area contributed by atoms with Crippen molar-refractivity contribution in [2.24, 2.45) is 0 Å². The highest BCUT2D eigenvalue weighted by Crippen LogP contribution is 2.27. The van der Waals surface area contributed by atoms with Crippen LogP contribution in [0.4, 0.5) is 0 Å². The lowest BCUT2D eigenvalue weighted by Gasteiger charge is -2.20. The zero-order valence-electron chi connectivity index (χ0n) is 12.5. The van der Waals surface area contributed by atoms with E-state index < -0.39 is 0 Å². The number of fused-ring (bicyclic) bond motifs is 1. The molecule has 3 nitrogen and oxygen atoms in total. The molecule has 0 bridgehead atoms. The second-order valence-corrected chi connectivity index (χ2v) is 5.56. The molecule has 1 heterocycles. The van der Waals surface area contributed by atoms with Gasteiger partial charge in [-0.15, -0.1) is 11.6 Å². The first-order valence-corrected chi connectivity index (χ1v) is 7.77. The summed E-state index contributed by atoms with van der Waals surface area (Å²) < 4.78 is 7.74. The third-order valence-electron chi connectivity index (χ3n) is 3.66. The summed E-state index contributed by atoms with van der Waals surface area (Å²) in [6.45, 7) is 5.02. The Morgan fingerprint density at radius 2 is 2.20 bits per heavy atom. The Bertz CT molecular complexity index is 559. The van der Waals surface area contributed by atoms with E-state index >= 15 is 0 Å². The second kappa shape index (κ2) is 7.09. The maximum Gasteiger partial charge on any atom is 0.111 e. The van der Waals surface area contributed by atoms with Gasteiger partial charge in [-0.05, 0) is 25.0 Å². The van der Waals surface area contributed by atoms with Gasteiger partial charge in [0.2, 0.25) is 0 Å². The minimum absolute atomic E-state index is 0.329. The second-order valence-electron chi connectivity index (χ2n) is 5.18. The van der Waals surface area contributed by atoms with Gasteiger partial charge in [0.15, 0.2) is 0 Å². The number of aryl methyl sites for hydroxylation is 2. The van der Waals surface area contributed by atoms with Gasteiger partial charge in [-0.3, -0.25) is 0 Å². The number of halogens is 1. The zero-order chi connectivity index (χ0) is 14.5. The Kier molecular flexibility index (Phi) is 5.44. The van der Waals surface area contributed by atoms with E-state index in [9.17, 15) is 0 Å². The molecule has 0 N–H and O–H groups in total. The first-order valence-electron chi connectivity index (χ1n) is 7.24. The number of rotatable bonds is 7. The van der Waals surface area contributed by atoms with Crippen molar-refractivity contribution >= 4 is 22.6 Å². The number of hydrogen-bond acceptors (Lipinski definition) is 2. The van der Waals surface area contributed by atoms with E-state index in [2.05, 4.69) is 36.6 Å². The molecule has 0 aliphatic heterocycles. The molecular formula is C16H23ClN2O. The predicted octanol–water partition coefficient (Wildman–Crippen LogP) is 4.11. The van der Waals surface area contributed by atoms with Crippen LogP contribution in [0.3, 0.4) is 0 Å². The maximum atomic E-state index is 5.95. The van der Waals surface area contributed by atoms with Gasteiger partial charge < -0.3 is 9.30 Å². The molecule has 1 aromatic carbocycles. The number of hydrogen-bond donors (Lipinski definition) is 0. The van der Waals surface area contributed by atoms with E-state index in [1.165, 1.54) is 11.1 Å². The Hall–Kier alpha value is -1.06. The summed E-state index contributed by atoms with van der Waals surface area (Å²) in [5.74, 6) is 1.66. The summed E-state index contributed by atoms with van der Waals surface area (Å²) in [6, 6.07) is 6.67. The van der Waals surface area contributed by atoms with Crippen LogP contribution < -0.4 is 0 Å². The molecule has 2 aromatic rings. The Morgan fingerprint density at radius 3 is 2.85 bits per heavy atom. The molecule has 0 aliphatic rings. The SMILES string of the molecule is CCCC(COC)n1c(CCCl)nc2c(C)cccc21. The molecule has 0 spiro atoms. The van der Waals surface area contributed by atoms with Crippen LogP contribution in [0.15, 0.2) is 18.2 Å². The molecule has 1 unspecified atom stereocenters. The normalized spacial score (nSPS) is 13.0. The first-order chi connectivity index (χ1) is 9.72. The fraction of sp³-hybridized carbons (Fsp3) is 0.562. The third kappa shape index (κ3) is 2.99. The zero-order valence-corrected chi connectivity index (χ0v) is 13.3. The molecule has 0 saturated carbocycles. The van der Waals surface area contributed by atoms with Gasteiger partial charge >= 0.3 is 0 Å². The van der Waals surface area contributed by atoms with Crippen molar-refractivity contribution in [3.05, 3.63) is 29.6 Å². The van der Waals surface area contributed by atoms with Crippen molar-refractivity contribution in [1.82, 2.24) is 9.55 Å². The van der Waals surface area contributed by atoms with Crippen molar-refractivity contribution in [2.45, 2.75) is 39.2 Å². The maximum absolute atomic E-state index is 5.95.